The van der Waals surface area contributed by atoms with Crippen LogP contribution in [0.5, 0.6) is 0 Å². The van der Waals surface area contributed by atoms with Gasteiger partial charge in [-0.1, -0.05) is 51.7 Å². The van der Waals surface area contributed by atoms with Crippen molar-refractivity contribution in [3.05, 3.63) is 0 Å². The van der Waals surface area contributed by atoms with Crippen molar-refractivity contribution in [2.24, 2.45) is 11.7 Å². The van der Waals surface area contributed by atoms with E-state index in [-0.39, 0.29) is 12.6 Å². The Hall–Kier alpha value is -0.593. The Bertz CT molecular complexity index is 341. The molecule has 0 radical (unpaired) electrons. The molecule has 0 aliphatic heterocycles. The van der Waals surface area contributed by atoms with Gasteiger partial charge in [-0.3, -0.25) is 0 Å². The van der Waals surface area contributed by atoms with Crippen LogP contribution < -0.4 is 5.73 Å². The molecule has 1 fully saturated rings. The predicted molar refractivity (Wildman–Crippen MR) is 92.9 cm³/mol. The molecule has 2 atom stereocenters. The molecule has 0 aromatic carbocycles. The zero-order valence-electron chi connectivity index (χ0n) is 14.4. The van der Waals surface area contributed by atoms with Crippen molar-refractivity contribution in [1.82, 2.24) is 4.90 Å². The van der Waals surface area contributed by atoms with Gasteiger partial charge in [-0.05, 0) is 18.4 Å². The van der Waals surface area contributed by atoms with E-state index in [1.807, 2.05) is 0 Å². The van der Waals surface area contributed by atoms with E-state index in [4.69, 9.17) is 5.73 Å². The maximum atomic E-state index is 11.4. The maximum Gasteiger partial charge on any atom is 0.407 e. The van der Waals surface area contributed by atoms with Gasteiger partial charge in [0.2, 0.25) is 0 Å². The minimum atomic E-state index is -1.30. The summed E-state index contributed by atoms with van der Waals surface area (Å²) in [4.78, 5) is 12.7. The fourth-order valence-electron chi connectivity index (χ4n) is 3.06. The quantitative estimate of drug-likeness (QED) is 0.597. The smallest absolute Gasteiger partial charge is 0.407 e. The van der Waals surface area contributed by atoms with Crippen LogP contribution in [-0.2, 0) is 0 Å². The third kappa shape index (κ3) is 7.60. The zero-order valence-corrected chi connectivity index (χ0v) is 15.4. The van der Waals surface area contributed by atoms with Crippen molar-refractivity contribution in [1.29, 1.82) is 0 Å². The fraction of sp³-hybridized carbons (Fsp3) is 0.938. The Balaban J connectivity index is 2.43. The van der Waals surface area contributed by atoms with Crippen LogP contribution in [0.2, 0.25) is 25.7 Å². The number of carboxylic acid groups (broad SMARTS) is 1. The molecule has 1 aliphatic carbocycles. The summed E-state index contributed by atoms with van der Waals surface area (Å²) in [5.41, 5.74) is 6.12. The zero-order chi connectivity index (χ0) is 16.8. The van der Waals surface area contributed by atoms with Crippen molar-refractivity contribution in [3.63, 3.8) is 0 Å². The molecular formula is C16H34N2O3Si. The summed E-state index contributed by atoms with van der Waals surface area (Å²) in [6, 6.07) is 0.584. The number of aliphatic hydroxyl groups is 1. The summed E-state index contributed by atoms with van der Waals surface area (Å²) < 4.78 is 0. The SMILES string of the molecule is C[Si](C)(C)CCN(C[C@H](O)[C@@H](N)CC1CCCCC1)C(=O)O. The number of nitrogens with zero attached hydrogens (tertiary/aromatic N) is 1. The Morgan fingerprint density at radius 1 is 1.27 bits per heavy atom. The minimum Gasteiger partial charge on any atom is -0.465 e. The molecule has 5 nitrogen and oxygen atoms in total. The Morgan fingerprint density at radius 2 is 1.86 bits per heavy atom. The second-order valence-electron chi connectivity index (χ2n) is 8.01. The van der Waals surface area contributed by atoms with Gasteiger partial charge >= 0.3 is 6.09 Å². The fourth-order valence-corrected chi connectivity index (χ4v) is 4.00. The third-order valence-corrected chi connectivity index (χ3v) is 6.36. The first-order valence-corrected chi connectivity index (χ1v) is 12.3. The summed E-state index contributed by atoms with van der Waals surface area (Å²) in [5, 5.41) is 19.6. The van der Waals surface area contributed by atoms with Gasteiger partial charge in [0.15, 0.2) is 0 Å². The lowest BCUT2D eigenvalue weighted by molar-refractivity contribution is 0.0766. The molecule has 0 heterocycles. The second-order valence-corrected chi connectivity index (χ2v) is 13.6. The highest BCUT2D eigenvalue weighted by atomic mass is 28.3. The number of nitrogens with two attached hydrogens (primary N) is 1. The highest BCUT2D eigenvalue weighted by Crippen LogP contribution is 2.27. The first-order valence-electron chi connectivity index (χ1n) is 8.60. The first-order chi connectivity index (χ1) is 10.2. The van der Waals surface area contributed by atoms with Gasteiger partial charge < -0.3 is 20.8 Å². The topological polar surface area (TPSA) is 86.8 Å². The molecule has 0 bridgehead atoms. The maximum absolute atomic E-state index is 11.4. The average molecular weight is 331 g/mol. The summed E-state index contributed by atoms with van der Waals surface area (Å²) in [6.07, 6.45) is 5.29. The van der Waals surface area contributed by atoms with Crippen LogP contribution in [0.1, 0.15) is 38.5 Å². The molecule has 0 unspecified atom stereocenters. The molecule has 0 aromatic rings. The van der Waals surface area contributed by atoms with Crippen molar-refractivity contribution in [2.75, 3.05) is 13.1 Å². The Morgan fingerprint density at radius 3 is 2.36 bits per heavy atom. The second kappa shape index (κ2) is 8.89. The van der Waals surface area contributed by atoms with Gasteiger partial charge in [-0.2, -0.15) is 0 Å². The normalized spacial score (nSPS) is 19.7. The van der Waals surface area contributed by atoms with Gasteiger partial charge in [0.1, 0.15) is 0 Å². The lowest BCUT2D eigenvalue weighted by atomic mass is 9.84. The van der Waals surface area contributed by atoms with Crippen LogP contribution in [0.3, 0.4) is 0 Å². The van der Waals surface area contributed by atoms with E-state index in [0.717, 1.165) is 12.5 Å². The van der Waals surface area contributed by atoms with Crippen molar-refractivity contribution < 1.29 is 15.0 Å². The van der Waals surface area contributed by atoms with E-state index in [9.17, 15) is 15.0 Å². The van der Waals surface area contributed by atoms with Crippen LogP contribution in [-0.4, -0.2) is 54.5 Å². The highest BCUT2D eigenvalue weighted by Gasteiger charge is 2.26. The number of aliphatic hydroxyl groups excluding tert-OH is 1. The largest absolute Gasteiger partial charge is 0.465 e. The predicted octanol–water partition coefficient (Wildman–Crippen LogP) is 2.96. The van der Waals surface area contributed by atoms with E-state index >= 15 is 0 Å². The van der Waals surface area contributed by atoms with Gasteiger partial charge in [0, 0.05) is 20.7 Å². The summed E-state index contributed by atoms with van der Waals surface area (Å²) in [6.45, 7) is 7.29. The number of hydrogen-bond acceptors (Lipinski definition) is 3. The molecule has 4 N–H and O–H groups in total. The van der Waals surface area contributed by atoms with Crippen LogP contribution in [0, 0.1) is 5.92 Å². The van der Waals surface area contributed by atoms with E-state index in [1.165, 1.54) is 37.0 Å². The van der Waals surface area contributed by atoms with Gasteiger partial charge in [0.05, 0.1) is 12.6 Å². The molecule has 1 aliphatic rings. The van der Waals surface area contributed by atoms with Gasteiger partial charge in [-0.25, -0.2) is 4.79 Å². The molecule has 0 saturated heterocycles. The number of carbonyl (C=O) groups is 1. The first kappa shape index (κ1) is 19.5. The van der Waals surface area contributed by atoms with Crippen LogP contribution in [0.4, 0.5) is 4.79 Å². The molecule has 1 amide bonds. The Labute approximate surface area is 135 Å². The van der Waals surface area contributed by atoms with E-state index in [2.05, 4.69) is 19.6 Å². The lowest BCUT2D eigenvalue weighted by Gasteiger charge is -2.30. The highest BCUT2D eigenvalue weighted by molar-refractivity contribution is 6.76. The Kier molecular flexibility index (Phi) is 7.86. The van der Waals surface area contributed by atoms with Crippen LogP contribution in [0.25, 0.3) is 0 Å². The lowest BCUT2D eigenvalue weighted by Crippen LogP contribution is -2.47. The van der Waals surface area contributed by atoms with Crippen molar-refractivity contribution in [3.8, 4) is 0 Å². The van der Waals surface area contributed by atoms with E-state index in [1.54, 1.807) is 0 Å². The summed E-state index contributed by atoms with van der Waals surface area (Å²) in [5.74, 6) is 0.596. The molecule has 22 heavy (non-hydrogen) atoms. The molecule has 6 heteroatoms. The number of hydrogen-bond donors (Lipinski definition) is 3. The number of rotatable bonds is 8. The standard InChI is InChI=1S/C16H34N2O3Si/c1-22(2,3)10-9-18(16(20)21)12-15(19)14(17)11-13-7-5-4-6-8-13/h13-15,19H,4-12,17H2,1-3H3,(H,20,21)/t14-,15-/m0/s1. The van der Waals surface area contributed by atoms with Crippen molar-refractivity contribution >= 4 is 14.2 Å². The molecule has 0 spiro atoms. The van der Waals surface area contributed by atoms with Gasteiger partial charge in [0.25, 0.3) is 0 Å². The third-order valence-electron chi connectivity index (χ3n) is 4.63. The minimum absolute atomic E-state index is 0.133. The van der Waals surface area contributed by atoms with Gasteiger partial charge in [-0.15, -0.1) is 0 Å². The molecule has 130 valence electrons. The van der Waals surface area contributed by atoms with E-state index < -0.39 is 20.3 Å². The van der Waals surface area contributed by atoms with Crippen molar-refractivity contribution in [2.45, 2.75) is 76.4 Å². The molecule has 1 saturated carbocycles. The molecular weight excluding hydrogens is 296 g/mol. The van der Waals surface area contributed by atoms with E-state index in [0.29, 0.717) is 12.5 Å². The number of amides is 1. The molecule has 1 rings (SSSR count). The molecule has 0 aromatic heterocycles. The summed E-state index contributed by atoms with van der Waals surface area (Å²) in [7, 11) is -1.30. The van der Waals surface area contributed by atoms with Crippen LogP contribution >= 0.6 is 0 Å². The average Bonchev–Trinajstić information content (AvgIpc) is 2.42. The summed E-state index contributed by atoms with van der Waals surface area (Å²) >= 11 is 0. The monoisotopic (exact) mass is 330 g/mol. The van der Waals surface area contributed by atoms with Crippen LogP contribution in [0.15, 0.2) is 0 Å².